The first-order chi connectivity index (χ1) is 12.6. The molecule has 1 aromatic rings. The first-order valence-corrected chi connectivity index (χ1v) is 8.99. The Morgan fingerprint density at radius 2 is 1.69 bits per heavy atom. The average Bonchev–Trinajstić information content (AvgIpc) is 2.86. The summed E-state index contributed by atoms with van der Waals surface area (Å²) in [5, 5.41) is 0. The summed E-state index contributed by atoms with van der Waals surface area (Å²) in [6.07, 6.45) is 4.15. The third-order valence-corrected chi connectivity index (χ3v) is 4.59. The number of likely N-dealkylation sites (tertiary alicyclic amines) is 1. The van der Waals surface area contributed by atoms with Gasteiger partial charge in [0.25, 0.3) is 0 Å². The van der Waals surface area contributed by atoms with Gasteiger partial charge in [0.15, 0.2) is 11.5 Å². The Hall–Kier alpha value is -2.37. The van der Waals surface area contributed by atoms with Crippen molar-refractivity contribution in [3.63, 3.8) is 0 Å². The van der Waals surface area contributed by atoms with Crippen molar-refractivity contribution in [2.24, 2.45) is 0 Å². The second kappa shape index (κ2) is 9.36. The number of ether oxygens (including phenoxy) is 4. The lowest BCUT2D eigenvalue weighted by Crippen LogP contribution is -2.22. The van der Waals surface area contributed by atoms with Gasteiger partial charge in [0, 0.05) is 19.3 Å². The average molecular weight is 363 g/mol. The number of carbonyl (C=O) groups is 1. The van der Waals surface area contributed by atoms with Crippen LogP contribution in [0.5, 0.6) is 17.2 Å². The summed E-state index contributed by atoms with van der Waals surface area (Å²) in [5.74, 6) is 1.20. The third kappa shape index (κ3) is 4.23. The summed E-state index contributed by atoms with van der Waals surface area (Å²) < 4.78 is 21.7. The smallest absolute Gasteiger partial charge is 0.340 e. The van der Waals surface area contributed by atoms with E-state index in [1.54, 1.807) is 33.5 Å². The zero-order valence-electron chi connectivity index (χ0n) is 16.4. The molecule has 26 heavy (non-hydrogen) atoms. The Balaban J connectivity index is 2.67. The van der Waals surface area contributed by atoms with E-state index in [0.29, 0.717) is 35.0 Å². The normalized spacial score (nSPS) is 16.6. The van der Waals surface area contributed by atoms with Crippen LogP contribution in [0.15, 0.2) is 17.8 Å². The maximum Gasteiger partial charge on any atom is 0.340 e. The van der Waals surface area contributed by atoms with Gasteiger partial charge in [-0.25, -0.2) is 4.79 Å². The summed E-state index contributed by atoms with van der Waals surface area (Å²) in [7, 11) is 6.72. The highest BCUT2D eigenvalue weighted by atomic mass is 16.5. The van der Waals surface area contributed by atoms with E-state index in [1.165, 1.54) is 0 Å². The molecule has 1 aliphatic rings. The lowest BCUT2D eigenvalue weighted by molar-refractivity contribution is -0.136. The number of hydrogen-bond acceptors (Lipinski definition) is 6. The zero-order chi connectivity index (χ0) is 19.1. The lowest BCUT2D eigenvalue weighted by Gasteiger charge is -2.24. The Kier molecular flexibility index (Phi) is 7.18. The summed E-state index contributed by atoms with van der Waals surface area (Å²) in [6, 6.07) is 3.61. The van der Waals surface area contributed by atoms with Gasteiger partial charge in [-0.15, -0.1) is 0 Å². The maximum atomic E-state index is 12.8. The Labute approximate surface area is 155 Å². The minimum absolute atomic E-state index is 0.323. The van der Waals surface area contributed by atoms with Crippen LogP contribution in [0, 0.1) is 0 Å². The molecule has 0 N–H and O–H groups in total. The van der Waals surface area contributed by atoms with Crippen LogP contribution in [-0.4, -0.2) is 52.4 Å². The van der Waals surface area contributed by atoms with Crippen molar-refractivity contribution >= 4 is 11.5 Å². The fourth-order valence-corrected chi connectivity index (χ4v) is 3.29. The number of esters is 1. The lowest BCUT2D eigenvalue weighted by atomic mass is 9.99. The predicted molar refractivity (Wildman–Crippen MR) is 101 cm³/mol. The molecule has 0 amide bonds. The van der Waals surface area contributed by atoms with Gasteiger partial charge in [0.05, 0.1) is 33.5 Å². The van der Waals surface area contributed by atoms with Crippen LogP contribution < -0.4 is 14.2 Å². The fraction of sp³-hybridized carbons (Fsp3) is 0.550. The van der Waals surface area contributed by atoms with Gasteiger partial charge in [0.1, 0.15) is 0 Å². The number of carbonyl (C=O) groups excluding carboxylic acids is 1. The number of rotatable bonds is 6. The van der Waals surface area contributed by atoms with E-state index in [-0.39, 0.29) is 5.97 Å². The molecule has 144 valence electrons. The van der Waals surface area contributed by atoms with Gasteiger partial charge in [-0.1, -0.05) is 6.42 Å². The molecule has 2 rings (SSSR count). The Morgan fingerprint density at radius 3 is 2.23 bits per heavy atom. The van der Waals surface area contributed by atoms with Crippen LogP contribution in [0.1, 0.15) is 38.2 Å². The molecule has 6 heteroatoms. The van der Waals surface area contributed by atoms with Crippen molar-refractivity contribution in [1.82, 2.24) is 4.90 Å². The van der Waals surface area contributed by atoms with Crippen molar-refractivity contribution in [1.29, 1.82) is 0 Å². The van der Waals surface area contributed by atoms with Crippen molar-refractivity contribution in [2.75, 3.05) is 41.5 Å². The first-order valence-electron chi connectivity index (χ1n) is 8.99. The molecule has 1 aliphatic heterocycles. The van der Waals surface area contributed by atoms with Gasteiger partial charge < -0.3 is 23.8 Å². The molecule has 0 radical (unpaired) electrons. The van der Waals surface area contributed by atoms with Gasteiger partial charge in [-0.05, 0) is 43.9 Å². The van der Waals surface area contributed by atoms with E-state index in [0.717, 1.165) is 37.9 Å². The van der Waals surface area contributed by atoms with E-state index in [2.05, 4.69) is 4.90 Å². The number of benzene rings is 1. The van der Waals surface area contributed by atoms with Gasteiger partial charge in [-0.2, -0.15) is 0 Å². The second-order valence-electron chi connectivity index (χ2n) is 6.19. The molecule has 0 unspecified atom stereocenters. The SMILES string of the molecule is CCOC(=O)/C(=C1/CCCCCN1C)c1cc(OC)c(OC)c(OC)c1. The highest BCUT2D eigenvalue weighted by Gasteiger charge is 2.25. The van der Waals surface area contributed by atoms with Gasteiger partial charge >= 0.3 is 5.97 Å². The highest BCUT2D eigenvalue weighted by molar-refractivity contribution is 6.17. The van der Waals surface area contributed by atoms with Crippen LogP contribution >= 0.6 is 0 Å². The summed E-state index contributed by atoms with van der Waals surface area (Å²) in [4.78, 5) is 15.0. The summed E-state index contributed by atoms with van der Waals surface area (Å²) in [6.45, 7) is 3.05. The minimum Gasteiger partial charge on any atom is -0.493 e. The Bertz CT molecular complexity index is 643. The molecule has 1 heterocycles. The first kappa shape index (κ1) is 19.9. The quantitative estimate of drug-likeness (QED) is 0.570. The second-order valence-corrected chi connectivity index (χ2v) is 6.19. The molecule has 0 saturated carbocycles. The van der Waals surface area contributed by atoms with Crippen LogP contribution in [0.3, 0.4) is 0 Å². The van der Waals surface area contributed by atoms with Crippen LogP contribution in [-0.2, 0) is 9.53 Å². The van der Waals surface area contributed by atoms with Crippen molar-refractivity contribution in [2.45, 2.75) is 32.6 Å². The molecular weight excluding hydrogens is 334 g/mol. The minimum atomic E-state index is -0.328. The molecule has 1 aromatic carbocycles. The zero-order valence-corrected chi connectivity index (χ0v) is 16.4. The molecule has 1 saturated heterocycles. The topological polar surface area (TPSA) is 57.2 Å². The molecule has 0 aromatic heterocycles. The summed E-state index contributed by atoms with van der Waals surface area (Å²) in [5.41, 5.74) is 2.27. The van der Waals surface area contributed by atoms with Crippen molar-refractivity contribution in [3.8, 4) is 17.2 Å². The highest BCUT2D eigenvalue weighted by Crippen LogP contribution is 2.41. The predicted octanol–water partition coefficient (Wildman–Crippen LogP) is 3.49. The van der Waals surface area contributed by atoms with Crippen LogP contribution in [0.2, 0.25) is 0 Å². The van der Waals surface area contributed by atoms with Crippen LogP contribution in [0.4, 0.5) is 0 Å². The molecule has 0 spiro atoms. The molecule has 1 fully saturated rings. The van der Waals surface area contributed by atoms with Crippen LogP contribution in [0.25, 0.3) is 5.57 Å². The van der Waals surface area contributed by atoms with Gasteiger partial charge in [-0.3, -0.25) is 0 Å². The summed E-state index contributed by atoms with van der Waals surface area (Å²) >= 11 is 0. The van der Waals surface area contributed by atoms with Crippen molar-refractivity contribution < 1.29 is 23.7 Å². The molecule has 0 bridgehead atoms. The largest absolute Gasteiger partial charge is 0.493 e. The number of hydrogen-bond donors (Lipinski definition) is 0. The number of methoxy groups -OCH3 is 3. The molecule has 0 atom stereocenters. The van der Waals surface area contributed by atoms with E-state index in [1.807, 2.05) is 14.0 Å². The number of allylic oxidation sites excluding steroid dienone is 1. The third-order valence-electron chi connectivity index (χ3n) is 4.59. The standard InChI is InChI=1S/C20H29NO5/c1-6-26-20(22)18(15-10-8-7-9-11-21(15)2)14-12-16(23-3)19(25-5)17(13-14)24-4/h12-13H,6-11H2,1-5H3/b18-15-. The van der Waals surface area contributed by atoms with E-state index in [4.69, 9.17) is 18.9 Å². The van der Waals surface area contributed by atoms with Gasteiger partial charge in [0.2, 0.25) is 5.75 Å². The van der Waals surface area contributed by atoms with E-state index < -0.39 is 0 Å². The van der Waals surface area contributed by atoms with E-state index in [9.17, 15) is 4.79 Å². The molecule has 6 nitrogen and oxygen atoms in total. The van der Waals surface area contributed by atoms with Crippen molar-refractivity contribution in [3.05, 3.63) is 23.4 Å². The fourth-order valence-electron chi connectivity index (χ4n) is 3.29. The molecule has 0 aliphatic carbocycles. The number of nitrogens with zero attached hydrogens (tertiary/aromatic N) is 1. The monoisotopic (exact) mass is 363 g/mol. The van der Waals surface area contributed by atoms with E-state index >= 15 is 0 Å². The molecular formula is C20H29NO5. The maximum absolute atomic E-state index is 12.8. The Morgan fingerprint density at radius 1 is 1.04 bits per heavy atom.